The Morgan fingerprint density at radius 2 is 1.83 bits per heavy atom. The molecule has 18 heavy (non-hydrogen) atoms. The Morgan fingerprint density at radius 3 is 2.56 bits per heavy atom. The van der Waals surface area contributed by atoms with Gasteiger partial charge in [0.15, 0.2) is 0 Å². The first-order chi connectivity index (χ1) is 8.74. The topological polar surface area (TPSA) is 29.1 Å². The van der Waals surface area contributed by atoms with E-state index in [2.05, 4.69) is 19.2 Å². The summed E-state index contributed by atoms with van der Waals surface area (Å²) in [6.45, 7) is 4.40. The molecule has 1 saturated carbocycles. The fourth-order valence-electron chi connectivity index (χ4n) is 3.75. The Hall–Kier alpha value is -0.370. The predicted molar refractivity (Wildman–Crippen MR) is 75.6 cm³/mol. The molecule has 2 heteroatoms. The summed E-state index contributed by atoms with van der Waals surface area (Å²) in [6, 6.07) is 0.813. The van der Waals surface area contributed by atoms with Crippen LogP contribution < -0.4 is 5.32 Å². The number of carbonyl (C=O) groups is 1. The van der Waals surface area contributed by atoms with Crippen LogP contribution in [0.4, 0.5) is 0 Å². The molecule has 0 amide bonds. The molecule has 0 bridgehead atoms. The monoisotopic (exact) mass is 251 g/mol. The maximum atomic E-state index is 12.3. The minimum absolute atomic E-state index is 0.171. The van der Waals surface area contributed by atoms with Crippen LogP contribution in [0.3, 0.4) is 0 Å². The first-order valence-electron chi connectivity index (χ1n) is 8.03. The number of nitrogens with one attached hydrogen (secondary N) is 1. The molecule has 104 valence electrons. The van der Waals surface area contributed by atoms with Gasteiger partial charge in [0, 0.05) is 12.5 Å². The maximum absolute atomic E-state index is 12.3. The minimum Gasteiger partial charge on any atom is -0.304 e. The summed E-state index contributed by atoms with van der Waals surface area (Å²) in [5.41, 5.74) is 0. The highest BCUT2D eigenvalue weighted by Crippen LogP contribution is 2.32. The average Bonchev–Trinajstić information content (AvgIpc) is 2.44. The fraction of sp³-hybridized carbons (Fsp3) is 0.938. The van der Waals surface area contributed by atoms with Crippen LogP contribution in [-0.4, -0.2) is 17.9 Å². The molecule has 1 aliphatic carbocycles. The van der Waals surface area contributed by atoms with Gasteiger partial charge in [0.05, 0.1) is 6.04 Å². The maximum Gasteiger partial charge on any atom is 0.150 e. The zero-order valence-corrected chi connectivity index (χ0v) is 12.1. The second-order valence-corrected chi connectivity index (χ2v) is 6.30. The average molecular weight is 251 g/mol. The molecule has 1 aliphatic heterocycles. The molecule has 1 heterocycles. The van der Waals surface area contributed by atoms with E-state index in [-0.39, 0.29) is 6.04 Å². The quantitative estimate of drug-likeness (QED) is 0.807. The molecule has 2 rings (SSSR count). The van der Waals surface area contributed by atoms with Crippen LogP contribution in [0.25, 0.3) is 0 Å². The van der Waals surface area contributed by atoms with E-state index in [1.54, 1.807) is 0 Å². The van der Waals surface area contributed by atoms with E-state index in [1.807, 2.05) is 0 Å². The van der Waals surface area contributed by atoms with Crippen molar-refractivity contribution in [2.75, 3.05) is 0 Å². The molecule has 3 unspecified atom stereocenters. The molecule has 0 aromatic carbocycles. The Bertz CT molecular complexity index is 272. The van der Waals surface area contributed by atoms with Gasteiger partial charge in [-0.25, -0.2) is 0 Å². The molecule has 0 spiro atoms. The van der Waals surface area contributed by atoms with Crippen LogP contribution in [-0.2, 0) is 4.79 Å². The van der Waals surface area contributed by atoms with Crippen LogP contribution in [0, 0.1) is 11.8 Å². The van der Waals surface area contributed by atoms with Crippen molar-refractivity contribution in [3.8, 4) is 0 Å². The summed E-state index contributed by atoms with van der Waals surface area (Å²) in [5, 5.41) is 3.66. The first-order valence-corrected chi connectivity index (χ1v) is 8.03. The molecule has 0 aromatic heterocycles. The number of piperidine rings is 1. The van der Waals surface area contributed by atoms with Crippen molar-refractivity contribution in [2.45, 2.75) is 83.7 Å². The van der Waals surface area contributed by atoms with E-state index in [1.165, 1.54) is 32.1 Å². The Balaban J connectivity index is 1.84. The zero-order chi connectivity index (χ0) is 13.0. The van der Waals surface area contributed by atoms with Crippen molar-refractivity contribution in [3.05, 3.63) is 0 Å². The van der Waals surface area contributed by atoms with Gasteiger partial charge in [-0.1, -0.05) is 39.5 Å². The third-order valence-electron chi connectivity index (χ3n) is 5.18. The predicted octanol–water partition coefficient (Wildman–Crippen LogP) is 3.69. The summed E-state index contributed by atoms with van der Waals surface area (Å²) in [6.07, 6.45) is 10.8. The van der Waals surface area contributed by atoms with Crippen molar-refractivity contribution in [1.29, 1.82) is 0 Å². The summed E-state index contributed by atoms with van der Waals surface area (Å²) in [7, 11) is 0. The second kappa shape index (κ2) is 6.70. The summed E-state index contributed by atoms with van der Waals surface area (Å²) >= 11 is 0. The number of rotatable bonds is 5. The third-order valence-corrected chi connectivity index (χ3v) is 5.18. The van der Waals surface area contributed by atoms with Crippen molar-refractivity contribution in [3.63, 3.8) is 0 Å². The summed E-state index contributed by atoms with van der Waals surface area (Å²) < 4.78 is 0. The number of ketones is 1. The smallest absolute Gasteiger partial charge is 0.150 e. The fourth-order valence-corrected chi connectivity index (χ4v) is 3.75. The normalized spacial score (nSPS) is 32.3. The minimum atomic E-state index is 0.171. The zero-order valence-electron chi connectivity index (χ0n) is 12.1. The van der Waals surface area contributed by atoms with Gasteiger partial charge in [0.2, 0.25) is 0 Å². The Kier molecular flexibility index (Phi) is 5.23. The lowest BCUT2D eigenvalue weighted by atomic mass is 9.76. The summed E-state index contributed by atoms with van der Waals surface area (Å²) in [5.74, 6) is 1.94. The molecule has 2 nitrogen and oxygen atoms in total. The van der Waals surface area contributed by atoms with Gasteiger partial charge in [-0.15, -0.1) is 0 Å². The molecule has 1 N–H and O–H groups in total. The highest BCUT2D eigenvalue weighted by atomic mass is 16.1. The highest BCUT2D eigenvalue weighted by molar-refractivity contribution is 5.84. The van der Waals surface area contributed by atoms with E-state index in [0.29, 0.717) is 17.7 Å². The second-order valence-electron chi connectivity index (χ2n) is 6.30. The van der Waals surface area contributed by atoms with Crippen LogP contribution in [0.5, 0.6) is 0 Å². The van der Waals surface area contributed by atoms with Crippen molar-refractivity contribution in [2.24, 2.45) is 11.8 Å². The van der Waals surface area contributed by atoms with E-state index in [4.69, 9.17) is 0 Å². The van der Waals surface area contributed by atoms with Crippen LogP contribution in [0.1, 0.15) is 71.6 Å². The van der Waals surface area contributed by atoms with Gasteiger partial charge < -0.3 is 5.32 Å². The number of hydrogen-bond donors (Lipinski definition) is 1. The van der Waals surface area contributed by atoms with Crippen LogP contribution >= 0.6 is 0 Å². The van der Waals surface area contributed by atoms with Gasteiger partial charge in [-0.2, -0.15) is 0 Å². The Morgan fingerprint density at radius 1 is 1.11 bits per heavy atom. The van der Waals surface area contributed by atoms with Gasteiger partial charge in [0.1, 0.15) is 5.78 Å². The van der Waals surface area contributed by atoms with E-state index in [9.17, 15) is 4.79 Å². The third kappa shape index (κ3) is 3.34. The number of fused-ring (bicyclic) bond motifs is 1. The van der Waals surface area contributed by atoms with E-state index >= 15 is 0 Å². The lowest BCUT2D eigenvalue weighted by Crippen LogP contribution is -2.52. The molecule has 2 fully saturated rings. The largest absolute Gasteiger partial charge is 0.304 e. The van der Waals surface area contributed by atoms with Crippen molar-refractivity contribution in [1.82, 2.24) is 5.32 Å². The number of hydrogen-bond acceptors (Lipinski definition) is 2. The van der Waals surface area contributed by atoms with E-state index in [0.717, 1.165) is 31.6 Å². The van der Waals surface area contributed by atoms with Crippen LogP contribution in [0.15, 0.2) is 0 Å². The molecule has 1 saturated heterocycles. The molecule has 3 atom stereocenters. The van der Waals surface area contributed by atoms with Gasteiger partial charge in [-0.05, 0) is 37.5 Å². The van der Waals surface area contributed by atoms with Crippen molar-refractivity contribution >= 4 is 5.78 Å². The lowest BCUT2D eigenvalue weighted by molar-refractivity contribution is -0.123. The molecule has 0 aromatic rings. The molecular weight excluding hydrogens is 222 g/mol. The van der Waals surface area contributed by atoms with Crippen molar-refractivity contribution < 1.29 is 4.79 Å². The number of carbonyl (C=O) groups excluding carboxylic acids is 1. The summed E-state index contributed by atoms with van der Waals surface area (Å²) in [4.78, 5) is 12.3. The van der Waals surface area contributed by atoms with E-state index < -0.39 is 0 Å². The first kappa shape index (κ1) is 14.0. The molecular formula is C16H29NO. The Labute approximate surface area is 112 Å². The number of Topliss-reactive ketones (excluding diaryl/α,β-unsaturated/α-hetero) is 1. The van der Waals surface area contributed by atoms with Gasteiger partial charge in [-0.3, -0.25) is 4.79 Å². The SMILES string of the molecule is CCC(CC)CC(=O)C1CCC2CCCCC2N1. The standard InChI is InChI=1S/C16H29NO/c1-3-12(4-2)11-16(18)15-10-9-13-7-5-6-8-14(13)17-15/h12-15,17H,3-11H2,1-2H3. The van der Waals surface area contributed by atoms with Gasteiger partial charge >= 0.3 is 0 Å². The lowest BCUT2D eigenvalue weighted by Gasteiger charge is -2.40. The highest BCUT2D eigenvalue weighted by Gasteiger charge is 2.34. The van der Waals surface area contributed by atoms with Gasteiger partial charge in [0.25, 0.3) is 0 Å². The molecule has 0 radical (unpaired) electrons. The molecule has 2 aliphatic rings. The van der Waals surface area contributed by atoms with Crippen LogP contribution in [0.2, 0.25) is 0 Å².